The van der Waals surface area contributed by atoms with Crippen LogP contribution in [0, 0.1) is 0 Å². The predicted molar refractivity (Wildman–Crippen MR) is 19.5 cm³/mol. The summed E-state index contributed by atoms with van der Waals surface area (Å²) in [6.45, 7) is 0. The van der Waals surface area contributed by atoms with Crippen LogP contribution in [-0.4, -0.2) is 35.6 Å². The third kappa shape index (κ3) is 302. The Morgan fingerprint density at radius 1 is 1.40 bits per heavy atom. The van der Waals surface area contributed by atoms with Crippen molar-refractivity contribution < 1.29 is 4.79 Å². The van der Waals surface area contributed by atoms with E-state index >= 15 is 0 Å². The Morgan fingerprint density at radius 3 is 1.40 bits per heavy atom. The summed E-state index contributed by atoms with van der Waals surface area (Å²) in [5.74, 6) is 0. The molecule has 1 radical (unpaired) electrons. The zero-order valence-electron chi connectivity index (χ0n) is 3.06. The topological polar surface area (TPSA) is 69.1 Å². The molecule has 0 aromatic rings. The summed E-state index contributed by atoms with van der Waals surface area (Å²) in [7, 11) is 0. The fourth-order valence-electron chi connectivity index (χ4n) is 0. The molecule has 0 unspecified atom stereocenters. The maximum atomic E-state index is 9.00. The SMILES string of the molecule is NC(N)=O.[Na]. The number of rotatable bonds is 0. The van der Waals surface area contributed by atoms with Gasteiger partial charge >= 0.3 is 6.03 Å². The number of carbonyl (C=O) groups excluding carboxylic acids is 1. The van der Waals surface area contributed by atoms with Gasteiger partial charge in [-0.1, -0.05) is 0 Å². The summed E-state index contributed by atoms with van der Waals surface area (Å²) in [6.07, 6.45) is 0. The number of nitrogens with two attached hydrogens (primary N) is 2. The first kappa shape index (κ1) is 8.99. The van der Waals surface area contributed by atoms with Crippen LogP contribution in [0.2, 0.25) is 0 Å². The molecule has 0 atom stereocenters. The summed E-state index contributed by atoms with van der Waals surface area (Å²) in [5.41, 5.74) is 8.50. The molecule has 0 aliphatic rings. The quantitative estimate of drug-likeness (QED) is 0.349. The minimum absolute atomic E-state index is 0. The second-order valence-corrected chi connectivity index (χ2v) is 0.402. The van der Waals surface area contributed by atoms with E-state index in [-0.39, 0.29) is 29.6 Å². The Labute approximate surface area is 52.0 Å². The van der Waals surface area contributed by atoms with Gasteiger partial charge in [-0.25, -0.2) is 4.79 Å². The molecule has 0 fully saturated rings. The van der Waals surface area contributed by atoms with Crippen molar-refractivity contribution in [1.82, 2.24) is 0 Å². The van der Waals surface area contributed by atoms with Gasteiger partial charge in [-0.2, -0.15) is 0 Å². The van der Waals surface area contributed by atoms with Crippen LogP contribution < -0.4 is 11.5 Å². The predicted octanol–water partition coefficient (Wildman–Crippen LogP) is -1.36. The van der Waals surface area contributed by atoms with Gasteiger partial charge in [-0.3, -0.25) is 0 Å². The van der Waals surface area contributed by atoms with Gasteiger partial charge < -0.3 is 11.5 Å². The Balaban J connectivity index is 0. The monoisotopic (exact) mass is 83.0 g/mol. The molecule has 4 N–H and O–H groups in total. The molecule has 2 amide bonds. The molecule has 3 nitrogen and oxygen atoms in total. The van der Waals surface area contributed by atoms with E-state index in [9.17, 15) is 0 Å². The van der Waals surface area contributed by atoms with Crippen molar-refractivity contribution in [3.05, 3.63) is 0 Å². The number of carbonyl (C=O) groups is 1. The number of hydrogen-bond acceptors (Lipinski definition) is 1. The van der Waals surface area contributed by atoms with E-state index in [0.29, 0.717) is 0 Å². The average Bonchev–Trinajstić information content (AvgIpc) is 0.811. The first-order chi connectivity index (χ1) is 1.73. The molecule has 0 aliphatic heterocycles. The zero-order valence-corrected chi connectivity index (χ0v) is 5.06. The van der Waals surface area contributed by atoms with Crippen LogP contribution in [0.15, 0.2) is 0 Å². The molecule has 0 heterocycles. The van der Waals surface area contributed by atoms with Gasteiger partial charge in [0.15, 0.2) is 0 Å². The summed E-state index contributed by atoms with van der Waals surface area (Å²) in [6, 6.07) is -0.833. The van der Waals surface area contributed by atoms with E-state index in [1.54, 1.807) is 0 Å². The molecular formula is CH4N2NaO. The average molecular weight is 83.0 g/mol. The zero-order chi connectivity index (χ0) is 3.58. The Morgan fingerprint density at radius 2 is 1.40 bits per heavy atom. The summed E-state index contributed by atoms with van der Waals surface area (Å²) in [4.78, 5) is 9.00. The van der Waals surface area contributed by atoms with Gasteiger partial charge in [0.05, 0.1) is 0 Å². The van der Waals surface area contributed by atoms with E-state index < -0.39 is 6.03 Å². The largest absolute Gasteiger partial charge is 0.352 e. The second-order valence-electron chi connectivity index (χ2n) is 0.402. The maximum Gasteiger partial charge on any atom is 0.309 e. The van der Waals surface area contributed by atoms with Gasteiger partial charge in [0, 0.05) is 29.6 Å². The van der Waals surface area contributed by atoms with E-state index in [2.05, 4.69) is 11.5 Å². The van der Waals surface area contributed by atoms with Crippen LogP contribution >= 0.6 is 0 Å². The minimum Gasteiger partial charge on any atom is -0.352 e. The van der Waals surface area contributed by atoms with Crippen LogP contribution in [0.1, 0.15) is 0 Å². The number of urea groups is 1. The third-order valence-electron chi connectivity index (χ3n) is 0. The van der Waals surface area contributed by atoms with E-state index in [4.69, 9.17) is 4.79 Å². The standard InChI is InChI=1S/CH4N2O.Na/c2-1(3)4;/h(H4,2,3,4);. The van der Waals surface area contributed by atoms with Crippen LogP contribution in [0.4, 0.5) is 4.79 Å². The van der Waals surface area contributed by atoms with Crippen molar-refractivity contribution in [2.75, 3.05) is 0 Å². The molecule has 0 aliphatic carbocycles. The summed E-state index contributed by atoms with van der Waals surface area (Å²) in [5, 5.41) is 0. The van der Waals surface area contributed by atoms with Gasteiger partial charge in [0.2, 0.25) is 0 Å². The van der Waals surface area contributed by atoms with E-state index in [1.807, 2.05) is 0 Å². The van der Waals surface area contributed by atoms with Gasteiger partial charge in [0.1, 0.15) is 0 Å². The van der Waals surface area contributed by atoms with Crippen molar-refractivity contribution in [2.24, 2.45) is 11.5 Å². The molecule has 5 heavy (non-hydrogen) atoms. The molecule has 0 rings (SSSR count). The van der Waals surface area contributed by atoms with Crippen LogP contribution in [0.25, 0.3) is 0 Å². The number of hydrogen-bond donors (Lipinski definition) is 2. The first-order valence-electron chi connectivity index (χ1n) is 0.781. The van der Waals surface area contributed by atoms with Crippen molar-refractivity contribution >= 4 is 35.6 Å². The van der Waals surface area contributed by atoms with Crippen LogP contribution in [0.5, 0.6) is 0 Å². The molecule has 25 valence electrons. The van der Waals surface area contributed by atoms with Crippen molar-refractivity contribution in [3.8, 4) is 0 Å². The number of primary amides is 2. The number of amides is 2. The summed E-state index contributed by atoms with van der Waals surface area (Å²) >= 11 is 0. The maximum absolute atomic E-state index is 9.00. The minimum atomic E-state index is -0.833. The Hall–Kier alpha value is 0.270. The molecule has 0 saturated carbocycles. The van der Waals surface area contributed by atoms with Crippen LogP contribution in [-0.2, 0) is 0 Å². The Bertz CT molecular complexity index is 32.6. The normalized spacial score (nSPS) is 4.80. The van der Waals surface area contributed by atoms with Crippen LogP contribution in [0.3, 0.4) is 0 Å². The smallest absolute Gasteiger partial charge is 0.309 e. The Kier molecular flexibility index (Phi) is 7.67. The fraction of sp³-hybridized carbons (Fsp3) is 0. The van der Waals surface area contributed by atoms with Crippen molar-refractivity contribution in [1.29, 1.82) is 0 Å². The molecule has 0 saturated heterocycles. The fourth-order valence-corrected chi connectivity index (χ4v) is 0. The molecular weight excluding hydrogens is 79.0 g/mol. The molecule has 0 bridgehead atoms. The van der Waals surface area contributed by atoms with E-state index in [0.717, 1.165) is 0 Å². The first-order valence-corrected chi connectivity index (χ1v) is 0.781. The third-order valence-corrected chi connectivity index (χ3v) is 0. The molecule has 0 aromatic heterocycles. The molecule has 4 heteroatoms. The second kappa shape index (κ2) is 4.27. The van der Waals surface area contributed by atoms with Crippen molar-refractivity contribution in [3.63, 3.8) is 0 Å². The van der Waals surface area contributed by atoms with Crippen molar-refractivity contribution in [2.45, 2.75) is 0 Å². The van der Waals surface area contributed by atoms with Gasteiger partial charge in [0.25, 0.3) is 0 Å². The van der Waals surface area contributed by atoms with E-state index in [1.165, 1.54) is 0 Å². The molecule has 0 spiro atoms. The molecule has 0 aromatic carbocycles. The van der Waals surface area contributed by atoms with Gasteiger partial charge in [-0.05, 0) is 0 Å². The van der Waals surface area contributed by atoms with Gasteiger partial charge in [-0.15, -0.1) is 0 Å². The summed E-state index contributed by atoms with van der Waals surface area (Å²) < 4.78 is 0.